The van der Waals surface area contributed by atoms with Gasteiger partial charge in [0.1, 0.15) is 5.01 Å². The molecule has 28 heavy (non-hydrogen) atoms. The summed E-state index contributed by atoms with van der Waals surface area (Å²) in [6.07, 6.45) is 2.01. The average molecular weight is 409 g/mol. The largest absolute Gasteiger partial charge is 0.311 e. The van der Waals surface area contributed by atoms with E-state index in [1.165, 1.54) is 21.6 Å². The molecule has 1 aromatic heterocycles. The highest BCUT2D eigenvalue weighted by Gasteiger charge is 2.23. The Hall–Kier alpha value is -2.11. The Morgan fingerprint density at radius 2 is 1.96 bits per heavy atom. The topological polar surface area (TPSA) is 33.2 Å². The van der Waals surface area contributed by atoms with E-state index < -0.39 is 0 Å². The van der Waals surface area contributed by atoms with Crippen molar-refractivity contribution in [1.82, 2.24) is 4.98 Å². The summed E-state index contributed by atoms with van der Waals surface area (Å²) in [7, 11) is 0. The fraction of sp³-hybridized carbons (Fsp3) is 0.304. The molecule has 2 aromatic carbocycles. The molecule has 0 atom stereocenters. The number of nitrogens with zero attached hydrogens (tertiary/aromatic N) is 2. The zero-order valence-electron chi connectivity index (χ0n) is 16.3. The quantitative estimate of drug-likeness (QED) is 0.540. The number of aromatic nitrogens is 1. The number of para-hydroxylation sites is 1. The molecule has 1 aliphatic heterocycles. The second-order valence-corrected chi connectivity index (χ2v) is 9.06. The first kappa shape index (κ1) is 19.2. The molecule has 144 valence electrons. The zero-order chi connectivity index (χ0) is 19.5. The van der Waals surface area contributed by atoms with Gasteiger partial charge < -0.3 is 4.90 Å². The monoisotopic (exact) mass is 408 g/mol. The molecule has 0 saturated heterocycles. The predicted octanol–water partition coefficient (Wildman–Crippen LogP) is 5.50. The number of thioether (sulfide) groups is 1. The Bertz CT molecular complexity index is 979. The Labute approximate surface area is 174 Å². The molecule has 1 aliphatic rings. The van der Waals surface area contributed by atoms with Gasteiger partial charge in [0, 0.05) is 28.4 Å². The van der Waals surface area contributed by atoms with E-state index in [0.717, 1.165) is 41.5 Å². The molecule has 0 radical (unpaired) electrons. The highest BCUT2D eigenvalue weighted by molar-refractivity contribution is 7.99. The third-order valence-electron chi connectivity index (χ3n) is 5.15. The number of thiazole rings is 1. The van der Waals surface area contributed by atoms with Crippen molar-refractivity contribution in [2.45, 2.75) is 32.4 Å². The first-order valence-electron chi connectivity index (χ1n) is 9.67. The summed E-state index contributed by atoms with van der Waals surface area (Å²) in [4.78, 5) is 20.6. The number of fused-ring (bicyclic) bond motifs is 1. The summed E-state index contributed by atoms with van der Waals surface area (Å²) in [6.45, 7) is 5.03. The van der Waals surface area contributed by atoms with Gasteiger partial charge in [0.25, 0.3) is 0 Å². The van der Waals surface area contributed by atoms with E-state index in [0.29, 0.717) is 5.75 Å². The molecule has 0 saturated carbocycles. The number of benzene rings is 2. The molecule has 0 N–H and O–H groups in total. The zero-order valence-corrected chi connectivity index (χ0v) is 17.9. The van der Waals surface area contributed by atoms with Crippen LogP contribution in [-0.2, 0) is 23.4 Å². The number of aryl methyl sites for hydroxylation is 2. The Morgan fingerprint density at radius 3 is 2.75 bits per heavy atom. The number of anilines is 1. The first-order valence-corrected chi connectivity index (χ1v) is 11.6. The molecule has 3 aromatic rings. The molecular weight excluding hydrogens is 384 g/mol. The normalized spacial score (nSPS) is 13.0. The van der Waals surface area contributed by atoms with E-state index in [1.807, 2.05) is 23.1 Å². The smallest absolute Gasteiger partial charge is 0.237 e. The van der Waals surface area contributed by atoms with E-state index in [9.17, 15) is 4.79 Å². The van der Waals surface area contributed by atoms with Gasteiger partial charge in [-0.15, -0.1) is 23.1 Å². The maximum Gasteiger partial charge on any atom is 0.237 e. The number of carbonyl (C=O) groups excluding carboxylic acids is 1. The van der Waals surface area contributed by atoms with E-state index in [-0.39, 0.29) is 5.91 Å². The van der Waals surface area contributed by atoms with Gasteiger partial charge in [-0.25, -0.2) is 4.98 Å². The standard InChI is InChI=1S/C23H24N2OS2/c1-3-17-8-10-19(11-9-17)23-24-16(2)21(28-23)14-27-15-22(26)25-13-12-18-6-4-5-7-20(18)25/h4-11H,3,12-15H2,1-2H3. The number of rotatable bonds is 6. The summed E-state index contributed by atoms with van der Waals surface area (Å²) in [5, 5.41) is 1.07. The van der Waals surface area contributed by atoms with Crippen molar-refractivity contribution in [3.63, 3.8) is 0 Å². The fourth-order valence-corrected chi connectivity index (χ4v) is 5.65. The van der Waals surface area contributed by atoms with Gasteiger partial charge in [-0.05, 0) is 37.0 Å². The van der Waals surface area contributed by atoms with Crippen LogP contribution >= 0.6 is 23.1 Å². The second kappa shape index (κ2) is 8.50. The van der Waals surface area contributed by atoms with Gasteiger partial charge in [-0.1, -0.05) is 49.4 Å². The molecule has 5 heteroatoms. The van der Waals surface area contributed by atoms with Gasteiger partial charge in [-0.2, -0.15) is 0 Å². The molecule has 0 unspecified atom stereocenters. The molecule has 2 heterocycles. The molecule has 0 bridgehead atoms. The van der Waals surface area contributed by atoms with Crippen molar-refractivity contribution < 1.29 is 4.79 Å². The summed E-state index contributed by atoms with van der Waals surface area (Å²) >= 11 is 3.43. The van der Waals surface area contributed by atoms with Crippen LogP contribution in [0, 0.1) is 6.92 Å². The number of hydrogen-bond donors (Lipinski definition) is 0. The fourth-order valence-electron chi connectivity index (χ4n) is 3.47. The highest BCUT2D eigenvalue weighted by atomic mass is 32.2. The van der Waals surface area contributed by atoms with Crippen molar-refractivity contribution in [3.05, 3.63) is 70.2 Å². The van der Waals surface area contributed by atoms with Gasteiger partial charge in [0.05, 0.1) is 11.4 Å². The third-order valence-corrected chi connectivity index (χ3v) is 7.48. The second-order valence-electron chi connectivity index (χ2n) is 6.99. The average Bonchev–Trinajstić information content (AvgIpc) is 3.32. The molecule has 0 aliphatic carbocycles. The van der Waals surface area contributed by atoms with Crippen LogP contribution in [0.4, 0.5) is 5.69 Å². The SMILES string of the molecule is CCc1ccc(-c2nc(C)c(CSCC(=O)N3CCc4ccccc43)s2)cc1. The van der Waals surface area contributed by atoms with Crippen molar-refractivity contribution in [2.75, 3.05) is 17.2 Å². The van der Waals surface area contributed by atoms with Gasteiger partial charge in [0.15, 0.2) is 0 Å². The van der Waals surface area contributed by atoms with Crippen molar-refractivity contribution >= 4 is 34.7 Å². The lowest BCUT2D eigenvalue weighted by Gasteiger charge is -2.16. The van der Waals surface area contributed by atoms with Crippen molar-refractivity contribution in [1.29, 1.82) is 0 Å². The number of carbonyl (C=O) groups is 1. The number of hydrogen-bond acceptors (Lipinski definition) is 4. The van der Waals surface area contributed by atoms with E-state index in [1.54, 1.807) is 23.1 Å². The number of amides is 1. The Morgan fingerprint density at radius 1 is 1.18 bits per heavy atom. The molecule has 3 nitrogen and oxygen atoms in total. The molecule has 0 spiro atoms. The molecule has 4 rings (SSSR count). The highest BCUT2D eigenvalue weighted by Crippen LogP contribution is 2.32. The van der Waals surface area contributed by atoms with Crippen LogP contribution in [0.1, 0.15) is 28.6 Å². The minimum absolute atomic E-state index is 0.201. The first-order chi connectivity index (χ1) is 13.7. The minimum atomic E-state index is 0.201. The third kappa shape index (κ3) is 4.01. The van der Waals surface area contributed by atoms with Crippen molar-refractivity contribution in [2.24, 2.45) is 0 Å². The van der Waals surface area contributed by atoms with Crippen molar-refractivity contribution in [3.8, 4) is 10.6 Å². The van der Waals surface area contributed by atoms with Crippen LogP contribution in [0.5, 0.6) is 0 Å². The van der Waals surface area contributed by atoms with E-state index in [4.69, 9.17) is 4.98 Å². The summed E-state index contributed by atoms with van der Waals surface area (Å²) in [5.74, 6) is 1.54. The van der Waals surface area contributed by atoms with Gasteiger partial charge >= 0.3 is 0 Å². The molecule has 0 fully saturated rings. The lowest BCUT2D eigenvalue weighted by molar-refractivity contribution is -0.116. The van der Waals surface area contributed by atoms with Crippen LogP contribution in [-0.4, -0.2) is 23.2 Å². The lowest BCUT2D eigenvalue weighted by atomic mass is 10.1. The van der Waals surface area contributed by atoms with Crippen LogP contribution in [0.25, 0.3) is 10.6 Å². The lowest BCUT2D eigenvalue weighted by Crippen LogP contribution is -2.30. The van der Waals surface area contributed by atoms with Crippen LogP contribution in [0.3, 0.4) is 0 Å². The van der Waals surface area contributed by atoms with Crippen LogP contribution in [0.2, 0.25) is 0 Å². The maximum atomic E-state index is 12.7. The Kier molecular flexibility index (Phi) is 5.83. The molecular formula is C23H24N2OS2. The van der Waals surface area contributed by atoms with E-state index in [2.05, 4.69) is 44.2 Å². The van der Waals surface area contributed by atoms with Crippen LogP contribution in [0.15, 0.2) is 48.5 Å². The van der Waals surface area contributed by atoms with Crippen LogP contribution < -0.4 is 4.90 Å². The summed E-state index contributed by atoms with van der Waals surface area (Å²) < 4.78 is 0. The van der Waals surface area contributed by atoms with Gasteiger partial charge in [-0.3, -0.25) is 4.79 Å². The predicted molar refractivity (Wildman–Crippen MR) is 120 cm³/mol. The summed E-state index contributed by atoms with van der Waals surface area (Å²) in [6, 6.07) is 16.9. The Balaban J connectivity index is 1.36. The summed E-state index contributed by atoms with van der Waals surface area (Å²) in [5.41, 5.74) is 5.95. The maximum absolute atomic E-state index is 12.7. The van der Waals surface area contributed by atoms with Gasteiger partial charge in [0.2, 0.25) is 5.91 Å². The molecule has 1 amide bonds. The minimum Gasteiger partial charge on any atom is -0.311 e. The van der Waals surface area contributed by atoms with E-state index >= 15 is 0 Å².